The predicted molar refractivity (Wildman–Crippen MR) is 108 cm³/mol. The molecule has 1 atom stereocenters. The maximum Gasteiger partial charge on any atom is 0.293 e. The Morgan fingerprint density at radius 1 is 1.36 bits per heavy atom. The van der Waals surface area contributed by atoms with Crippen LogP contribution in [0.5, 0.6) is 0 Å². The zero-order valence-corrected chi connectivity index (χ0v) is 17.1. The second-order valence-corrected chi connectivity index (χ2v) is 7.78. The summed E-state index contributed by atoms with van der Waals surface area (Å²) in [5, 5.41) is 0.0756. The summed E-state index contributed by atoms with van der Waals surface area (Å²) in [7, 11) is 1.81. The molecule has 1 aliphatic heterocycles. The number of aryl methyl sites for hydroxylation is 1. The number of oxazole rings is 1. The van der Waals surface area contributed by atoms with Gasteiger partial charge in [0.2, 0.25) is 0 Å². The summed E-state index contributed by atoms with van der Waals surface area (Å²) in [5.41, 5.74) is 5.25. The molecule has 148 valence electrons. The summed E-state index contributed by atoms with van der Waals surface area (Å²) in [5.74, 6) is -0.0649. The molecule has 1 aromatic carbocycles. The van der Waals surface area contributed by atoms with E-state index in [1.165, 1.54) is 11.4 Å². The van der Waals surface area contributed by atoms with Crippen molar-refractivity contribution in [3.05, 3.63) is 52.1 Å². The Morgan fingerprint density at radius 3 is 2.93 bits per heavy atom. The van der Waals surface area contributed by atoms with Crippen molar-refractivity contribution in [3.63, 3.8) is 0 Å². The van der Waals surface area contributed by atoms with Crippen LogP contribution in [0.2, 0.25) is 5.35 Å². The van der Waals surface area contributed by atoms with Crippen molar-refractivity contribution in [1.29, 1.82) is 0 Å². The maximum absolute atomic E-state index is 12.9. The van der Waals surface area contributed by atoms with Crippen molar-refractivity contribution < 1.29 is 13.9 Å². The van der Waals surface area contributed by atoms with Gasteiger partial charge in [0.1, 0.15) is 5.52 Å². The number of rotatable bonds is 5. The minimum atomic E-state index is -0.0649. The highest BCUT2D eigenvalue weighted by molar-refractivity contribution is 6.28. The summed E-state index contributed by atoms with van der Waals surface area (Å²) in [6.07, 6.45) is 2.53. The van der Waals surface area contributed by atoms with Gasteiger partial charge >= 0.3 is 0 Å². The van der Waals surface area contributed by atoms with Crippen LogP contribution >= 0.6 is 11.6 Å². The van der Waals surface area contributed by atoms with E-state index in [-0.39, 0.29) is 17.4 Å². The lowest BCUT2D eigenvalue weighted by Crippen LogP contribution is -2.26. The fourth-order valence-electron chi connectivity index (χ4n) is 3.89. The molecule has 28 heavy (non-hydrogen) atoms. The molecule has 1 aliphatic rings. The molecule has 0 aliphatic carbocycles. The molecule has 3 heterocycles. The average molecular weight is 402 g/mol. The van der Waals surface area contributed by atoms with Crippen LogP contribution in [0.3, 0.4) is 0 Å². The zero-order chi connectivity index (χ0) is 19.8. The Hall–Kier alpha value is -2.31. The van der Waals surface area contributed by atoms with Gasteiger partial charge in [-0.3, -0.25) is 4.79 Å². The van der Waals surface area contributed by atoms with Crippen molar-refractivity contribution in [3.8, 4) is 0 Å². The number of carbonyl (C=O) groups excluding carboxylic acids is 1. The normalized spacial score (nSPS) is 16.8. The number of ether oxygens (including phenoxy) is 1. The lowest BCUT2D eigenvalue weighted by Gasteiger charge is -2.18. The van der Waals surface area contributed by atoms with Gasteiger partial charge in [-0.2, -0.15) is 4.98 Å². The third-order valence-corrected chi connectivity index (χ3v) is 5.61. The quantitative estimate of drug-likeness (QED) is 0.637. The van der Waals surface area contributed by atoms with Gasteiger partial charge < -0.3 is 18.6 Å². The van der Waals surface area contributed by atoms with E-state index in [0.29, 0.717) is 23.2 Å². The van der Waals surface area contributed by atoms with Crippen LogP contribution in [0.25, 0.3) is 11.1 Å². The number of hydrogen-bond acceptors (Lipinski definition) is 4. The van der Waals surface area contributed by atoms with Crippen LogP contribution < -0.4 is 0 Å². The molecule has 1 fully saturated rings. The molecule has 0 radical (unpaired) electrons. The first-order chi connectivity index (χ1) is 13.4. The number of carbonyl (C=O) groups is 1. The van der Waals surface area contributed by atoms with Gasteiger partial charge in [-0.1, -0.05) is 0 Å². The molecule has 0 spiro atoms. The maximum atomic E-state index is 12.9. The number of amides is 1. The Labute approximate surface area is 169 Å². The average Bonchev–Trinajstić information content (AvgIpc) is 3.36. The van der Waals surface area contributed by atoms with Crippen molar-refractivity contribution in [2.45, 2.75) is 45.9 Å². The van der Waals surface area contributed by atoms with Crippen LogP contribution in [0.15, 0.2) is 28.7 Å². The van der Waals surface area contributed by atoms with Gasteiger partial charge in [-0.15, -0.1) is 0 Å². The molecular formula is C21H24ClN3O3. The molecule has 0 bridgehead atoms. The van der Waals surface area contributed by atoms with E-state index in [4.69, 9.17) is 20.8 Å². The molecular weight excluding hydrogens is 378 g/mol. The van der Waals surface area contributed by atoms with Gasteiger partial charge in [-0.05, 0) is 68.1 Å². The number of benzene rings is 1. The molecule has 2 aromatic heterocycles. The third-order valence-electron chi connectivity index (χ3n) is 5.45. The number of nitrogens with zero attached hydrogens (tertiary/aromatic N) is 3. The van der Waals surface area contributed by atoms with Crippen molar-refractivity contribution in [2.75, 3.05) is 13.7 Å². The van der Waals surface area contributed by atoms with E-state index in [9.17, 15) is 4.79 Å². The molecule has 0 unspecified atom stereocenters. The van der Waals surface area contributed by atoms with Gasteiger partial charge in [0, 0.05) is 43.7 Å². The van der Waals surface area contributed by atoms with E-state index in [0.717, 1.165) is 31.6 Å². The highest BCUT2D eigenvalue weighted by Crippen LogP contribution is 2.23. The van der Waals surface area contributed by atoms with Crippen molar-refractivity contribution >= 4 is 28.6 Å². The van der Waals surface area contributed by atoms with Gasteiger partial charge in [-0.25, -0.2) is 0 Å². The van der Waals surface area contributed by atoms with Gasteiger partial charge in [0.15, 0.2) is 5.58 Å². The van der Waals surface area contributed by atoms with Crippen LogP contribution in [0.1, 0.15) is 40.2 Å². The van der Waals surface area contributed by atoms with Gasteiger partial charge in [0.25, 0.3) is 11.3 Å². The molecule has 1 amide bonds. The highest BCUT2D eigenvalue weighted by Gasteiger charge is 2.20. The van der Waals surface area contributed by atoms with Crippen LogP contribution in [-0.4, -0.2) is 40.1 Å². The lowest BCUT2D eigenvalue weighted by atomic mass is 10.1. The van der Waals surface area contributed by atoms with E-state index in [2.05, 4.69) is 29.5 Å². The lowest BCUT2D eigenvalue weighted by molar-refractivity contribution is 0.0784. The molecule has 0 saturated carbocycles. The summed E-state index contributed by atoms with van der Waals surface area (Å²) in [6.45, 7) is 6.49. The van der Waals surface area contributed by atoms with Crippen LogP contribution in [-0.2, 0) is 17.8 Å². The fraction of sp³-hybridized carbons (Fsp3) is 0.429. The van der Waals surface area contributed by atoms with Crippen molar-refractivity contribution in [1.82, 2.24) is 14.5 Å². The van der Waals surface area contributed by atoms with E-state index in [1.807, 2.05) is 7.05 Å². The summed E-state index contributed by atoms with van der Waals surface area (Å²) in [4.78, 5) is 18.7. The summed E-state index contributed by atoms with van der Waals surface area (Å²) in [6, 6.07) is 7.34. The fourth-order valence-corrected chi connectivity index (χ4v) is 4.06. The smallest absolute Gasteiger partial charge is 0.293 e. The second-order valence-electron chi connectivity index (χ2n) is 7.45. The topological polar surface area (TPSA) is 60.5 Å². The molecule has 0 N–H and O–H groups in total. The molecule has 7 heteroatoms. The largest absolute Gasteiger partial charge is 0.428 e. The second kappa shape index (κ2) is 7.60. The highest BCUT2D eigenvalue weighted by atomic mass is 35.5. The van der Waals surface area contributed by atoms with E-state index in [1.54, 1.807) is 23.1 Å². The third kappa shape index (κ3) is 3.66. The van der Waals surface area contributed by atoms with Crippen LogP contribution in [0.4, 0.5) is 0 Å². The molecule has 3 aromatic rings. The summed E-state index contributed by atoms with van der Waals surface area (Å²) >= 11 is 5.80. The first-order valence-corrected chi connectivity index (χ1v) is 9.89. The zero-order valence-electron chi connectivity index (χ0n) is 16.4. The SMILES string of the molecule is Cc1cc(CN(C)C(=O)c2ccc3oc(Cl)nc3c2)c(C)n1C[C@@H]1CCCO1. The molecule has 1 saturated heterocycles. The Bertz CT molecular complexity index is 1020. The summed E-state index contributed by atoms with van der Waals surface area (Å²) < 4.78 is 13.3. The number of aromatic nitrogens is 2. The van der Waals surface area contributed by atoms with E-state index < -0.39 is 0 Å². The molecule has 4 rings (SSSR count). The Kier molecular flexibility index (Phi) is 5.17. The van der Waals surface area contributed by atoms with Crippen LogP contribution in [0, 0.1) is 13.8 Å². The minimum Gasteiger partial charge on any atom is -0.428 e. The first kappa shape index (κ1) is 19.0. The number of hydrogen-bond donors (Lipinski definition) is 0. The monoisotopic (exact) mass is 401 g/mol. The standard InChI is InChI=1S/C21H24ClN3O3/c1-13-9-16(14(2)25(13)12-17-5-4-8-27-17)11-24(3)20(26)15-6-7-19-18(10-15)23-21(22)28-19/h6-7,9-10,17H,4-5,8,11-12H2,1-3H3/t17-/m0/s1. The predicted octanol–water partition coefficient (Wildman–Crippen LogP) is 4.35. The number of fused-ring (bicyclic) bond motifs is 1. The Morgan fingerprint density at radius 2 is 2.18 bits per heavy atom. The molecule has 6 nitrogen and oxygen atoms in total. The van der Waals surface area contributed by atoms with Gasteiger partial charge in [0.05, 0.1) is 6.10 Å². The minimum absolute atomic E-state index is 0.0649. The van der Waals surface area contributed by atoms with E-state index >= 15 is 0 Å². The van der Waals surface area contributed by atoms with Crippen molar-refractivity contribution in [2.24, 2.45) is 0 Å². The first-order valence-electron chi connectivity index (χ1n) is 9.51. The number of halogens is 1. The Balaban J connectivity index is 1.50.